The third-order valence-corrected chi connectivity index (χ3v) is 5.48. The number of carbonyl (C=O) groups is 1. The second kappa shape index (κ2) is 9.02. The number of fused-ring (bicyclic) bond motifs is 2. The molecule has 1 aromatic heterocycles. The van der Waals surface area contributed by atoms with Gasteiger partial charge in [0.2, 0.25) is 0 Å². The number of likely N-dealkylation sites (tertiary alicyclic amines) is 1. The second-order valence-electron chi connectivity index (χ2n) is 7.47. The number of nitrogens with one attached hydrogen (secondary N) is 1. The van der Waals surface area contributed by atoms with E-state index in [0.717, 1.165) is 23.6 Å². The maximum Gasteiger partial charge on any atom is 0.257 e. The molecule has 1 aromatic carbocycles. The summed E-state index contributed by atoms with van der Waals surface area (Å²) in [4.78, 5) is 21.8. The molecule has 0 unspecified atom stereocenters. The molecule has 0 aliphatic carbocycles. The van der Waals surface area contributed by atoms with Crippen LogP contribution in [-0.2, 0) is 0 Å². The number of para-hydroxylation sites is 1. The first-order valence-electron chi connectivity index (χ1n) is 10.3. The number of allylic oxidation sites excluding steroid dienone is 1. The van der Waals surface area contributed by atoms with E-state index in [9.17, 15) is 4.79 Å². The van der Waals surface area contributed by atoms with Crippen LogP contribution in [0.5, 0.6) is 0 Å². The molecular formula is C23H28N4O. The smallest absolute Gasteiger partial charge is 0.257 e. The van der Waals surface area contributed by atoms with Crippen molar-refractivity contribution in [3.05, 3.63) is 60.3 Å². The fourth-order valence-electron chi connectivity index (χ4n) is 4.01. The number of anilines is 3. The van der Waals surface area contributed by atoms with E-state index in [4.69, 9.17) is 0 Å². The number of rotatable bonds is 6. The Labute approximate surface area is 167 Å². The first kappa shape index (κ1) is 18.7. The van der Waals surface area contributed by atoms with Crippen LogP contribution >= 0.6 is 0 Å². The van der Waals surface area contributed by atoms with Gasteiger partial charge in [0.15, 0.2) is 5.82 Å². The molecule has 4 rings (SSSR count). The van der Waals surface area contributed by atoms with Gasteiger partial charge in [0.25, 0.3) is 5.91 Å². The summed E-state index contributed by atoms with van der Waals surface area (Å²) in [5, 5.41) is 2.98. The highest BCUT2D eigenvalue weighted by atomic mass is 16.1. The van der Waals surface area contributed by atoms with E-state index in [-0.39, 0.29) is 5.91 Å². The number of hydrogen-bond donors (Lipinski definition) is 1. The minimum Gasteiger partial charge on any atom is -0.320 e. The zero-order valence-electron chi connectivity index (χ0n) is 16.3. The summed E-state index contributed by atoms with van der Waals surface area (Å²) in [6, 6.07) is 11.5. The normalized spacial score (nSPS) is 17.1. The van der Waals surface area contributed by atoms with Crippen molar-refractivity contribution in [3.8, 4) is 0 Å². The highest BCUT2D eigenvalue weighted by Crippen LogP contribution is 2.35. The predicted octanol–water partition coefficient (Wildman–Crippen LogP) is 4.61. The van der Waals surface area contributed by atoms with Crippen molar-refractivity contribution in [1.29, 1.82) is 0 Å². The number of piperidine rings is 1. The molecule has 1 saturated heterocycles. The van der Waals surface area contributed by atoms with Gasteiger partial charge in [-0.25, -0.2) is 4.98 Å². The van der Waals surface area contributed by atoms with Crippen LogP contribution < -0.4 is 10.2 Å². The summed E-state index contributed by atoms with van der Waals surface area (Å²) in [7, 11) is 0. The molecule has 0 spiro atoms. The summed E-state index contributed by atoms with van der Waals surface area (Å²) < 4.78 is 0. The second-order valence-corrected chi connectivity index (χ2v) is 7.47. The van der Waals surface area contributed by atoms with Crippen LogP contribution in [0.15, 0.2) is 54.7 Å². The van der Waals surface area contributed by atoms with Crippen molar-refractivity contribution in [1.82, 2.24) is 9.88 Å². The van der Waals surface area contributed by atoms with Crippen molar-refractivity contribution in [2.75, 3.05) is 36.4 Å². The van der Waals surface area contributed by atoms with Crippen LogP contribution in [0.25, 0.3) is 0 Å². The quantitative estimate of drug-likeness (QED) is 0.591. The van der Waals surface area contributed by atoms with Crippen molar-refractivity contribution in [3.63, 3.8) is 0 Å². The number of benzene rings is 1. The van der Waals surface area contributed by atoms with Crippen LogP contribution in [-0.4, -0.2) is 42.0 Å². The minimum atomic E-state index is -0.0853. The number of carbonyl (C=O) groups excluding carboxylic acids is 1. The van der Waals surface area contributed by atoms with Crippen LogP contribution in [0.4, 0.5) is 17.2 Å². The first-order chi connectivity index (χ1) is 13.8. The highest BCUT2D eigenvalue weighted by Gasteiger charge is 2.24. The third-order valence-electron chi connectivity index (χ3n) is 5.48. The Morgan fingerprint density at radius 3 is 2.79 bits per heavy atom. The van der Waals surface area contributed by atoms with Crippen LogP contribution in [0.1, 0.15) is 42.5 Å². The van der Waals surface area contributed by atoms with Gasteiger partial charge in [-0.2, -0.15) is 0 Å². The molecule has 0 saturated carbocycles. The van der Waals surface area contributed by atoms with Crippen LogP contribution in [0, 0.1) is 0 Å². The standard InChI is InChI=1S/C23H28N4O/c28-23-19-11-4-5-13-21(19)27(22-20(25-23)12-10-14-24-22)18-9-2-1-6-15-26-16-7-3-8-17-26/h2,4-5,9-14H,1,3,6-8,15-18H2,(H,25,28)/b9-2-. The lowest BCUT2D eigenvalue weighted by Crippen LogP contribution is -2.30. The zero-order valence-corrected chi connectivity index (χ0v) is 16.3. The molecule has 0 bridgehead atoms. The lowest BCUT2D eigenvalue weighted by molar-refractivity contribution is 0.102. The van der Waals surface area contributed by atoms with Gasteiger partial charge in [-0.1, -0.05) is 30.7 Å². The van der Waals surface area contributed by atoms with Gasteiger partial charge < -0.3 is 15.1 Å². The van der Waals surface area contributed by atoms with Crippen molar-refractivity contribution in [2.45, 2.75) is 32.1 Å². The monoisotopic (exact) mass is 376 g/mol. The Morgan fingerprint density at radius 1 is 1.04 bits per heavy atom. The summed E-state index contributed by atoms with van der Waals surface area (Å²) >= 11 is 0. The molecule has 2 aromatic rings. The van der Waals surface area contributed by atoms with E-state index in [1.165, 1.54) is 45.3 Å². The van der Waals surface area contributed by atoms with Gasteiger partial charge in [0.1, 0.15) is 0 Å². The molecule has 1 fully saturated rings. The van der Waals surface area contributed by atoms with Crippen molar-refractivity contribution < 1.29 is 4.79 Å². The summed E-state index contributed by atoms with van der Waals surface area (Å²) in [5.74, 6) is 0.705. The van der Waals surface area contributed by atoms with Gasteiger partial charge in [-0.3, -0.25) is 4.79 Å². The maximum absolute atomic E-state index is 12.6. The minimum absolute atomic E-state index is 0.0853. The number of hydrogen-bond acceptors (Lipinski definition) is 4. The maximum atomic E-state index is 12.6. The molecule has 1 N–H and O–H groups in total. The average Bonchev–Trinajstić information content (AvgIpc) is 2.86. The topological polar surface area (TPSA) is 48.5 Å². The van der Waals surface area contributed by atoms with E-state index < -0.39 is 0 Å². The fourth-order valence-corrected chi connectivity index (χ4v) is 4.01. The molecule has 28 heavy (non-hydrogen) atoms. The molecule has 3 heterocycles. The van der Waals surface area contributed by atoms with Gasteiger partial charge in [-0.15, -0.1) is 0 Å². The molecule has 0 atom stereocenters. The summed E-state index contributed by atoms with van der Waals surface area (Å²) in [6.45, 7) is 4.41. The lowest BCUT2D eigenvalue weighted by Gasteiger charge is -2.26. The van der Waals surface area contributed by atoms with Crippen LogP contribution in [0.3, 0.4) is 0 Å². The number of unbranched alkanes of at least 4 members (excludes halogenated alkanes) is 1. The number of pyridine rings is 1. The summed E-state index contributed by atoms with van der Waals surface area (Å²) in [5.41, 5.74) is 2.33. The largest absolute Gasteiger partial charge is 0.320 e. The molecule has 2 aliphatic rings. The Balaban J connectivity index is 1.43. The van der Waals surface area contributed by atoms with Gasteiger partial charge in [0, 0.05) is 12.7 Å². The molecule has 146 valence electrons. The SMILES string of the molecule is O=C1Nc2cccnc2N(C/C=C\CCCN2CCCCC2)c2ccccc21. The molecule has 0 radical (unpaired) electrons. The number of nitrogens with zero attached hydrogens (tertiary/aromatic N) is 3. The van der Waals surface area contributed by atoms with E-state index in [1.54, 1.807) is 6.20 Å². The lowest BCUT2D eigenvalue weighted by atomic mass is 10.1. The Bertz CT molecular complexity index is 842. The number of aromatic nitrogens is 1. The van der Waals surface area contributed by atoms with Gasteiger partial charge in [0.05, 0.1) is 16.9 Å². The first-order valence-corrected chi connectivity index (χ1v) is 10.3. The molecule has 5 heteroatoms. The summed E-state index contributed by atoms with van der Waals surface area (Å²) in [6.07, 6.45) is 12.6. The zero-order chi connectivity index (χ0) is 19.2. The van der Waals surface area contributed by atoms with E-state index >= 15 is 0 Å². The van der Waals surface area contributed by atoms with Gasteiger partial charge in [-0.05, 0) is 69.6 Å². The average molecular weight is 377 g/mol. The van der Waals surface area contributed by atoms with E-state index in [0.29, 0.717) is 12.1 Å². The number of amides is 1. The highest BCUT2D eigenvalue weighted by molar-refractivity contribution is 6.12. The molecule has 1 amide bonds. The fraction of sp³-hybridized carbons (Fsp3) is 0.391. The Morgan fingerprint density at radius 2 is 1.89 bits per heavy atom. The van der Waals surface area contributed by atoms with Gasteiger partial charge >= 0.3 is 0 Å². The van der Waals surface area contributed by atoms with Crippen LogP contribution in [0.2, 0.25) is 0 Å². The van der Waals surface area contributed by atoms with E-state index in [1.807, 2.05) is 36.4 Å². The third kappa shape index (κ3) is 4.25. The molecular weight excluding hydrogens is 348 g/mol. The Kier molecular flexibility index (Phi) is 6.02. The molecule has 5 nitrogen and oxygen atoms in total. The van der Waals surface area contributed by atoms with Crippen molar-refractivity contribution in [2.24, 2.45) is 0 Å². The van der Waals surface area contributed by atoms with Crippen molar-refractivity contribution >= 4 is 23.1 Å². The van der Waals surface area contributed by atoms with E-state index in [2.05, 4.69) is 32.3 Å². The molecule has 2 aliphatic heterocycles. The predicted molar refractivity (Wildman–Crippen MR) is 114 cm³/mol. The Hall–Kier alpha value is -2.66.